The van der Waals surface area contributed by atoms with Gasteiger partial charge in [0.2, 0.25) is 5.28 Å². The van der Waals surface area contributed by atoms with E-state index in [2.05, 4.69) is 15.3 Å². The summed E-state index contributed by atoms with van der Waals surface area (Å²) in [5, 5.41) is 2.70. The Morgan fingerprint density at radius 2 is 1.74 bits per heavy atom. The minimum Gasteiger partial charge on any atom is -0.394 e. The van der Waals surface area contributed by atoms with E-state index in [4.69, 9.17) is 40.5 Å². The van der Waals surface area contributed by atoms with Gasteiger partial charge in [-0.05, 0) is 30.7 Å². The van der Waals surface area contributed by atoms with E-state index in [0.717, 1.165) is 0 Å². The number of aryl methyl sites for hydroxylation is 1. The van der Waals surface area contributed by atoms with E-state index in [9.17, 15) is 4.39 Å². The third-order valence-corrected chi connectivity index (χ3v) is 3.07. The lowest BCUT2D eigenvalue weighted by Crippen LogP contribution is -2.04. The second-order valence-corrected chi connectivity index (χ2v) is 4.87. The summed E-state index contributed by atoms with van der Waals surface area (Å²) >= 11 is 17.1. The van der Waals surface area contributed by atoms with Crippen LogP contribution in [0.2, 0.25) is 15.3 Å². The third kappa shape index (κ3) is 3.00. The van der Waals surface area contributed by atoms with Crippen LogP contribution in [0.1, 0.15) is 5.69 Å². The van der Waals surface area contributed by atoms with Crippen LogP contribution >= 0.6 is 34.8 Å². The van der Waals surface area contributed by atoms with Crippen molar-refractivity contribution in [2.75, 3.05) is 11.1 Å². The fraction of sp³-hybridized carbons (Fsp3) is 0.0909. The van der Waals surface area contributed by atoms with Crippen molar-refractivity contribution in [3.05, 3.63) is 39.0 Å². The zero-order valence-electron chi connectivity index (χ0n) is 9.64. The van der Waals surface area contributed by atoms with Gasteiger partial charge in [0.05, 0.1) is 21.4 Å². The number of nitrogen functional groups attached to an aromatic ring is 1. The van der Waals surface area contributed by atoms with Crippen LogP contribution in [-0.4, -0.2) is 9.97 Å². The summed E-state index contributed by atoms with van der Waals surface area (Å²) in [7, 11) is 0. The van der Waals surface area contributed by atoms with Gasteiger partial charge in [0, 0.05) is 5.69 Å². The molecule has 0 saturated heterocycles. The Labute approximate surface area is 123 Å². The van der Waals surface area contributed by atoms with Crippen molar-refractivity contribution in [3.63, 3.8) is 0 Å². The summed E-state index contributed by atoms with van der Waals surface area (Å²) < 4.78 is 13.3. The normalized spacial score (nSPS) is 10.6. The first-order valence-electron chi connectivity index (χ1n) is 5.09. The molecule has 0 aliphatic rings. The van der Waals surface area contributed by atoms with E-state index >= 15 is 0 Å². The highest BCUT2D eigenvalue weighted by molar-refractivity contribution is 6.35. The van der Waals surface area contributed by atoms with E-state index < -0.39 is 5.82 Å². The zero-order chi connectivity index (χ0) is 14.2. The van der Waals surface area contributed by atoms with Gasteiger partial charge in [-0.15, -0.1) is 0 Å². The Morgan fingerprint density at radius 3 is 2.32 bits per heavy atom. The standard InChI is InChI=1S/C11H8Cl3FN4/c1-4-9(16)10(19-11(14)17-4)18-5-2-6(12)8(15)7(13)3-5/h2-3H,16H2,1H3,(H,17,18,19). The topological polar surface area (TPSA) is 63.8 Å². The first kappa shape index (κ1) is 14.1. The molecule has 0 unspecified atom stereocenters. The van der Waals surface area contributed by atoms with E-state index in [1.165, 1.54) is 12.1 Å². The van der Waals surface area contributed by atoms with E-state index in [1.807, 2.05) is 0 Å². The lowest BCUT2D eigenvalue weighted by atomic mass is 10.3. The zero-order valence-corrected chi connectivity index (χ0v) is 11.9. The quantitative estimate of drug-likeness (QED) is 0.642. The molecule has 4 nitrogen and oxygen atoms in total. The lowest BCUT2D eigenvalue weighted by molar-refractivity contribution is 0.629. The van der Waals surface area contributed by atoms with E-state index in [1.54, 1.807) is 6.92 Å². The van der Waals surface area contributed by atoms with E-state index in [0.29, 0.717) is 22.9 Å². The van der Waals surface area contributed by atoms with Crippen molar-refractivity contribution >= 4 is 52.0 Å². The van der Waals surface area contributed by atoms with Crippen molar-refractivity contribution in [1.29, 1.82) is 0 Å². The molecule has 0 fully saturated rings. The highest BCUT2D eigenvalue weighted by Gasteiger charge is 2.11. The highest BCUT2D eigenvalue weighted by atomic mass is 35.5. The second-order valence-electron chi connectivity index (χ2n) is 3.72. The molecule has 2 aromatic rings. The number of benzene rings is 1. The number of anilines is 3. The number of hydrogen-bond donors (Lipinski definition) is 2. The number of rotatable bonds is 2. The van der Waals surface area contributed by atoms with Gasteiger partial charge in [-0.3, -0.25) is 0 Å². The van der Waals surface area contributed by atoms with Gasteiger partial charge in [0.15, 0.2) is 11.6 Å². The van der Waals surface area contributed by atoms with Crippen LogP contribution in [0.25, 0.3) is 0 Å². The summed E-state index contributed by atoms with van der Waals surface area (Å²) in [4.78, 5) is 7.85. The van der Waals surface area contributed by atoms with Gasteiger partial charge >= 0.3 is 0 Å². The van der Waals surface area contributed by atoms with Crippen molar-refractivity contribution in [1.82, 2.24) is 9.97 Å². The minimum absolute atomic E-state index is 0.0495. The summed E-state index contributed by atoms with van der Waals surface area (Å²) in [6.45, 7) is 1.69. The fourth-order valence-electron chi connectivity index (χ4n) is 1.41. The predicted octanol–water partition coefficient (Wildman–Crippen LogP) is 4.21. The molecule has 0 amide bonds. The molecule has 19 heavy (non-hydrogen) atoms. The molecule has 100 valence electrons. The lowest BCUT2D eigenvalue weighted by Gasteiger charge is -2.11. The van der Waals surface area contributed by atoms with Gasteiger partial charge in [0.25, 0.3) is 0 Å². The second kappa shape index (κ2) is 5.36. The predicted molar refractivity (Wildman–Crippen MR) is 75.9 cm³/mol. The minimum atomic E-state index is -0.682. The van der Waals surface area contributed by atoms with Gasteiger partial charge in [-0.2, -0.15) is 4.98 Å². The molecular formula is C11H8Cl3FN4. The number of aromatic nitrogens is 2. The molecule has 0 aliphatic heterocycles. The van der Waals surface area contributed by atoms with Gasteiger partial charge < -0.3 is 11.1 Å². The van der Waals surface area contributed by atoms with Crippen LogP contribution in [0.15, 0.2) is 12.1 Å². The van der Waals surface area contributed by atoms with Crippen LogP contribution < -0.4 is 11.1 Å². The Morgan fingerprint density at radius 1 is 1.16 bits per heavy atom. The molecule has 0 atom stereocenters. The SMILES string of the molecule is Cc1nc(Cl)nc(Nc2cc(Cl)c(F)c(Cl)c2)c1N. The van der Waals surface area contributed by atoms with Crippen molar-refractivity contribution in [2.45, 2.75) is 6.92 Å². The molecule has 1 aromatic heterocycles. The highest BCUT2D eigenvalue weighted by Crippen LogP contribution is 2.30. The maximum absolute atomic E-state index is 13.3. The van der Waals surface area contributed by atoms with Gasteiger partial charge in [-0.1, -0.05) is 23.2 Å². The first-order chi connectivity index (χ1) is 8.88. The summed E-state index contributed by atoms with van der Waals surface area (Å²) in [6, 6.07) is 2.74. The van der Waals surface area contributed by atoms with Crippen molar-refractivity contribution in [2.24, 2.45) is 0 Å². The first-order valence-corrected chi connectivity index (χ1v) is 6.23. The maximum atomic E-state index is 13.3. The average molecular weight is 322 g/mol. The summed E-state index contributed by atoms with van der Waals surface area (Å²) in [5.41, 5.74) is 7.12. The largest absolute Gasteiger partial charge is 0.394 e. The third-order valence-electron chi connectivity index (χ3n) is 2.36. The van der Waals surface area contributed by atoms with Crippen molar-refractivity contribution in [3.8, 4) is 0 Å². The van der Waals surface area contributed by atoms with Gasteiger partial charge in [-0.25, -0.2) is 9.37 Å². The molecule has 0 bridgehead atoms. The molecule has 0 aliphatic carbocycles. The summed E-state index contributed by atoms with van der Waals surface area (Å²) in [6.07, 6.45) is 0. The molecule has 3 N–H and O–H groups in total. The Kier molecular flexibility index (Phi) is 3.99. The van der Waals surface area contributed by atoms with Crippen LogP contribution in [-0.2, 0) is 0 Å². The van der Waals surface area contributed by atoms with Crippen LogP contribution in [0.3, 0.4) is 0 Å². The van der Waals surface area contributed by atoms with Gasteiger partial charge in [0.1, 0.15) is 0 Å². The Balaban J connectivity index is 2.42. The number of nitrogens with zero attached hydrogens (tertiary/aromatic N) is 2. The van der Waals surface area contributed by atoms with Crippen LogP contribution in [0.4, 0.5) is 21.6 Å². The van der Waals surface area contributed by atoms with E-state index in [-0.39, 0.29) is 15.3 Å². The van der Waals surface area contributed by atoms with Crippen LogP contribution in [0.5, 0.6) is 0 Å². The molecule has 8 heteroatoms. The monoisotopic (exact) mass is 320 g/mol. The smallest absolute Gasteiger partial charge is 0.224 e. The fourth-order valence-corrected chi connectivity index (χ4v) is 2.11. The maximum Gasteiger partial charge on any atom is 0.224 e. The molecule has 0 saturated carbocycles. The molecule has 2 rings (SSSR count). The molecule has 1 heterocycles. The number of nitrogens with one attached hydrogen (secondary N) is 1. The Bertz CT molecular complexity index is 625. The number of hydrogen-bond acceptors (Lipinski definition) is 4. The molecule has 0 radical (unpaired) electrons. The van der Waals surface area contributed by atoms with Crippen molar-refractivity contribution < 1.29 is 4.39 Å². The number of halogens is 4. The Hall–Kier alpha value is -1.30. The van der Waals surface area contributed by atoms with Crippen LogP contribution in [0, 0.1) is 12.7 Å². The average Bonchev–Trinajstić information content (AvgIpc) is 2.32. The molecular weight excluding hydrogens is 314 g/mol. The summed E-state index contributed by atoms with van der Waals surface area (Å²) in [5.74, 6) is -0.380. The molecule has 0 spiro atoms. The molecule has 1 aromatic carbocycles. The number of nitrogens with two attached hydrogens (primary N) is 1.